The van der Waals surface area contributed by atoms with Gasteiger partial charge in [0, 0.05) is 24.5 Å². The van der Waals surface area contributed by atoms with E-state index in [1.807, 2.05) is 50.2 Å². The summed E-state index contributed by atoms with van der Waals surface area (Å²) in [4.78, 5) is 14.1. The lowest BCUT2D eigenvalue weighted by atomic mass is 10.3. The Bertz CT molecular complexity index is 620. The van der Waals surface area contributed by atoms with Gasteiger partial charge in [-0.05, 0) is 45.3 Å². The lowest BCUT2D eigenvalue weighted by Crippen LogP contribution is -2.39. The summed E-state index contributed by atoms with van der Waals surface area (Å²) < 4.78 is 1.64. The molecule has 0 saturated carbocycles. The van der Waals surface area contributed by atoms with E-state index in [1.54, 1.807) is 16.9 Å². The SMILES string of the molecule is CC(CN(C)C)NC(=O)c1ccn(-c2cccc(N)c2)n1. The van der Waals surface area contributed by atoms with Crippen molar-refractivity contribution >= 4 is 11.6 Å². The summed E-state index contributed by atoms with van der Waals surface area (Å²) in [5, 5.41) is 7.21. The number of hydrogen-bond donors (Lipinski definition) is 2. The predicted octanol–water partition coefficient (Wildman–Crippen LogP) is 1.13. The number of benzene rings is 1. The molecule has 0 aliphatic carbocycles. The number of nitrogens with two attached hydrogens (primary N) is 1. The molecule has 2 rings (SSSR count). The molecule has 0 fully saturated rings. The molecule has 2 aromatic rings. The van der Waals surface area contributed by atoms with Gasteiger partial charge < -0.3 is 16.0 Å². The van der Waals surface area contributed by atoms with Crippen molar-refractivity contribution in [1.82, 2.24) is 20.0 Å². The summed E-state index contributed by atoms with van der Waals surface area (Å²) in [6.45, 7) is 2.74. The molecule has 0 saturated heterocycles. The van der Waals surface area contributed by atoms with Crippen LogP contribution in [0.1, 0.15) is 17.4 Å². The number of rotatable bonds is 5. The maximum absolute atomic E-state index is 12.1. The zero-order valence-corrected chi connectivity index (χ0v) is 12.6. The van der Waals surface area contributed by atoms with Gasteiger partial charge in [-0.2, -0.15) is 5.10 Å². The van der Waals surface area contributed by atoms with Crippen molar-refractivity contribution in [1.29, 1.82) is 0 Å². The van der Waals surface area contributed by atoms with Crippen LogP contribution in [0.4, 0.5) is 5.69 Å². The third kappa shape index (κ3) is 4.06. The molecule has 21 heavy (non-hydrogen) atoms. The summed E-state index contributed by atoms with van der Waals surface area (Å²) in [5.74, 6) is -0.174. The summed E-state index contributed by atoms with van der Waals surface area (Å²) in [5.41, 5.74) is 7.63. The minimum Gasteiger partial charge on any atom is -0.399 e. The molecule has 1 unspecified atom stereocenters. The highest BCUT2D eigenvalue weighted by atomic mass is 16.2. The van der Waals surface area contributed by atoms with Gasteiger partial charge in [0.2, 0.25) is 0 Å². The minimum atomic E-state index is -0.174. The molecule has 0 spiro atoms. The van der Waals surface area contributed by atoms with Crippen LogP contribution in [0, 0.1) is 0 Å². The molecule has 0 bridgehead atoms. The number of amides is 1. The number of likely N-dealkylation sites (N-methyl/N-ethyl adjacent to an activating group) is 1. The summed E-state index contributed by atoms with van der Waals surface area (Å²) >= 11 is 0. The van der Waals surface area contributed by atoms with Gasteiger partial charge in [0.15, 0.2) is 5.69 Å². The Morgan fingerprint density at radius 3 is 2.86 bits per heavy atom. The van der Waals surface area contributed by atoms with E-state index in [0.717, 1.165) is 12.2 Å². The van der Waals surface area contributed by atoms with Crippen molar-refractivity contribution in [3.8, 4) is 5.69 Å². The summed E-state index contributed by atoms with van der Waals surface area (Å²) in [6.07, 6.45) is 1.75. The number of nitrogens with zero attached hydrogens (tertiary/aromatic N) is 3. The van der Waals surface area contributed by atoms with Gasteiger partial charge in [0.25, 0.3) is 5.91 Å². The standard InChI is InChI=1S/C15H21N5O/c1-11(10-19(2)3)17-15(21)14-7-8-20(18-14)13-6-4-5-12(16)9-13/h4-9,11H,10,16H2,1-3H3,(H,17,21). The van der Waals surface area contributed by atoms with Gasteiger partial charge in [-0.1, -0.05) is 6.07 Å². The number of nitrogens with one attached hydrogen (secondary N) is 1. The van der Waals surface area contributed by atoms with E-state index in [4.69, 9.17) is 5.73 Å². The van der Waals surface area contributed by atoms with Gasteiger partial charge in [-0.25, -0.2) is 4.68 Å². The van der Waals surface area contributed by atoms with Crippen molar-refractivity contribution in [2.24, 2.45) is 0 Å². The fourth-order valence-corrected chi connectivity index (χ4v) is 2.15. The average Bonchev–Trinajstić information content (AvgIpc) is 2.87. The van der Waals surface area contributed by atoms with Crippen molar-refractivity contribution in [2.45, 2.75) is 13.0 Å². The van der Waals surface area contributed by atoms with E-state index in [-0.39, 0.29) is 11.9 Å². The Morgan fingerprint density at radius 1 is 1.43 bits per heavy atom. The maximum atomic E-state index is 12.1. The highest BCUT2D eigenvalue weighted by Crippen LogP contribution is 2.11. The molecule has 1 aromatic carbocycles. The monoisotopic (exact) mass is 287 g/mol. The zero-order chi connectivity index (χ0) is 15.4. The minimum absolute atomic E-state index is 0.0602. The number of anilines is 1. The van der Waals surface area contributed by atoms with Crippen LogP contribution in [0.3, 0.4) is 0 Å². The molecular weight excluding hydrogens is 266 g/mol. The Morgan fingerprint density at radius 2 is 2.19 bits per heavy atom. The quantitative estimate of drug-likeness (QED) is 0.808. The molecule has 6 heteroatoms. The van der Waals surface area contributed by atoms with E-state index in [9.17, 15) is 4.79 Å². The number of hydrogen-bond acceptors (Lipinski definition) is 4. The first-order chi connectivity index (χ1) is 9.95. The van der Waals surface area contributed by atoms with Gasteiger partial charge >= 0.3 is 0 Å². The number of aromatic nitrogens is 2. The highest BCUT2D eigenvalue weighted by molar-refractivity contribution is 5.92. The molecule has 112 valence electrons. The lowest BCUT2D eigenvalue weighted by Gasteiger charge is -2.17. The first-order valence-electron chi connectivity index (χ1n) is 6.83. The summed E-state index contributed by atoms with van der Waals surface area (Å²) in [7, 11) is 3.94. The lowest BCUT2D eigenvalue weighted by molar-refractivity contribution is 0.0929. The number of carbonyl (C=O) groups is 1. The largest absolute Gasteiger partial charge is 0.399 e. The predicted molar refractivity (Wildman–Crippen MR) is 83.5 cm³/mol. The number of nitrogen functional groups attached to an aromatic ring is 1. The molecule has 1 heterocycles. The van der Waals surface area contributed by atoms with Crippen LogP contribution in [0.25, 0.3) is 5.69 Å². The summed E-state index contributed by atoms with van der Waals surface area (Å²) in [6, 6.07) is 9.11. The van der Waals surface area contributed by atoms with Crippen molar-refractivity contribution in [2.75, 3.05) is 26.4 Å². The molecule has 1 amide bonds. The fraction of sp³-hybridized carbons (Fsp3) is 0.333. The number of carbonyl (C=O) groups excluding carboxylic acids is 1. The van der Waals surface area contributed by atoms with Gasteiger partial charge in [0.05, 0.1) is 5.69 Å². The van der Waals surface area contributed by atoms with Crippen LogP contribution in [-0.2, 0) is 0 Å². The van der Waals surface area contributed by atoms with Gasteiger partial charge in [0.1, 0.15) is 0 Å². The third-order valence-corrected chi connectivity index (χ3v) is 2.97. The molecule has 1 atom stereocenters. The first-order valence-corrected chi connectivity index (χ1v) is 6.83. The van der Waals surface area contributed by atoms with Crippen LogP contribution in [0.2, 0.25) is 0 Å². The highest BCUT2D eigenvalue weighted by Gasteiger charge is 2.13. The second kappa shape index (κ2) is 6.41. The van der Waals surface area contributed by atoms with Crippen LogP contribution in [0.15, 0.2) is 36.5 Å². The molecule has 1 aromatic heterocycles. The Kier molecular flexibility index (Phi) is 4.59. The van der Waals surface area contributed by atoms with Crippen molar-refractivity contribution < 1.29 is 4.79 Å². The van der Waals surface area contributed by atoms with Crippen LogP contribution >= 0.6 is 0 Å². The van der Waals surface area contributed by atoms with E-state index in [2.05, 4.69) is 10.4 Å². The Hall–Kier alpha value is -2.34. The maximum Gasteiger partial charge on any atom is 0.272 e. The first kappa shape index (κ1) is 15.1. The molecule has 0 aliphatic rings. The van der Waals surface area contributed by atoms with Gasteiger partial charge in [-0.3, -0.25) is 4.79 Å². The average molecular weight is 287 g/mol. The molecule has 6 nitrogen and oxygen atoms in total. The van der Waals surface area contributed by atoms with Crippen molar-refractivity contribution in [3.63, 3.8) is 0 Å². The van der Waals surface area contributed by atoms with Crippen LogP contribution in [-0.4, -0.2) is 47.3 Å². The second-order valence-corrected chi connectivity index (χ2v) is 5.38. The van der Waals surface area contributed by atoms with E-state index < -0.39 is 0 Å². The third-order valence-electron chi connectivity index (χ3n) is 2.97. The normalized spacial score (nSPS) is 12.4. The Labute approximate surface area is 124 Å². The zero-order valence-electron chi connectivity index (χ0n) is 12.6. The second-order valence-electron chi connectivity index (χ2n) is 5.38. The molecule has 0 aliphatic heterocycles. The molecule has 0 radical (unpaired) electrons. The fourth-order valence-electron chi connectivity index (χ4n) is 2.15. The van der Waals surface area contributed by atoms with Crippen LogP contribution in [0.5, 0.6) is 0 Å². The Balaban J connectivity index is 2.07. The van der Waals surface area contributed by atoms with Crippen molar-refractivity contribution in [3.05, 3.63) is 42.2 Å². The van der Waals surface area contributed by atoms with E-state index >= 15 is 0 Å². The molecule has 3 N–H and O–H groups in total. The topological polar surface area (TPSA) is 76.2 Å². The van der Waals surface area contributed by atoms with E-state index in [1.165, 1.54) is 0 Å². The molecular formula is C15H21N5O. The van der Waals surface area contributed by atoms with E-state index in [0.29, 0.717) is 11.4 Å². The smallest absolute Gasteiger partial charge is 0.272 e. The van der Waals surface area contributed by atoms with Gasteiger partial charge in [-0.15, -0.1) is 0 Å². The van der Waals surface area contributed by atoms with Crippen LogP contribution < -0.4 is 11.1 Å².